The number of benzene rings is 2. The topological polar surface area (TPSA) is 67.4 Å². The van der Waals surface area contributed by atoms with Crippen molar-refractivity contribution in [3.05, 3.63) is 65.7 Å². The largest absolute Gasteiger partial charge is 0.494 e. The molecule has 5 nitrogen and oxygen atoms in total. The highest BCUT2D eigenvalue weighted by molar-refractivity contribution is 6.35. The molecule has 0 bridgehead atoms. The normalized spacial score (nSPS) is 11.4. The summed E-state index contributed by atoms with van der Waals surface area (Å²) in [6.45, 7) is 5.25. The minimum Gasteiger partial charge on any atom is -0.494 e. The molecule has 132 valence electrons. The molecule has 0 fully saturated rings. The van der Waals surface area contributed by atoms with Crippen molar-refractivity contribution >= 4 is 11.8 Å². The van der Waals surface area contributed by atoms with Crippen LogP contribution in [0.1, 0.15) is 30.9 Å². The monoisotopic (exact) mass is 340 g/mol. The second kappa shape index (κ2) is 9.47. The first-order valence-electron chi connectivity index (χ1n) is 8.43. The van der Waals surface area contributed by atoms with Crippen molar-refractivity contribution in [1.29, 1.82) is 0 Å². The smallest absolute Gasteiger partial charge is 0.309 e. The van der Waals surface area contributed by atoms with Gasteiger partial charge in [-0.15, -0.1) is 0 Å². The Kier molecular flexibility index (Phi) is 7.01. The lowest BCUT2D eigenvalue weighted by Gasteiger charge is -2.13. The molecule has 0 saturated carbocycles. The van der Waals surface area contributed by atoms with E-state index in [9.17, 15) is 9.59 Å². The Morgan fingerprint density at radius 2 is 1.60 bits per heavy atom. The van der Waals surface area contributed by atoms with E-state index in [4.69, 9.17) is 4.74 Å². The van der Waals surface area contributed by atoms with Crippen molar-refractivity contribution < 1.29 is 14.3 Å². The molecule has 0 aromatic heterocycles. The van der Waals surface area contributed by atoms with E-state index in [0.717, 1.165) is 16.9 Å². The quantitative estimate of drug-likeness (QED) is 0.762. The van der Waals surface area contributed by atoms with Gasteiger partial charge >= 0.3 is 11.8 Å². The van der Waals surface area contributed by atoms with Crippen molar-refractivity contribution in [1.82, 2.24) is 10.6 Å². The zero-order valence-corrected chi connectivity index (χ0v) is 14.6. The first-order valence-corrected chi connectivity index (χ1v) is 8.43. The van der Waals surface area contributed by atoms with Gasteiger partial charge in [-0.2, -0.15) is 0 Å². The molecule has 2 aromatic carbocycles. The van der Waals surface area contributed by atoms with Crippen LogP contribution in [0, 0.1) is 0 Å². The van der Waals surface area contributed by atoms with Crippen molar-refractivity contribution in [3.63, 3.8) is 0 Å². The third-order valence-electron chi connectivity index (χ3n) is 3.83. The number of carbonyl (C=O) groups excluding carboxylic acids is 2. The molecule has 2 rings (SSSR count). The van der Waals surface area contributed by atoms with Crippen LogP contribution < -0.4 is 15.4 Å². The van der Waals surface area contributed by atoms with E-state index in [1.807, 2.05) is 68.4 Å². The van der Waals surface area contributed by atoms with Gasteiger partial charge in [-0.3, -0.25) is 9.59 Å². The third-order valence-corrected chi connectivity index (χ3v) is 3.83. The van der Waals surface area contributed by atoms with Gasteiger partial charge in [0.15, 0.2) is 0 Å². The summed E-state index contributed by atoms with van der Waals surface area (Å²) < 4.78 is 5.36. The molecule has 0 heterocycles. The van der Waals surface area contributed by atoms with Crippen molar-refractivity contribution in [2.24, 2.45) is 0 Å². The molecule has 2 N–H and O–H groups in total. The predicted octanol–water partition coefficient (Wildman–Crippen LogP) is 2.62. The van der Waals surface area contributed by atoms with Gasteiger partial charge in [0, 0.05) is 13.1 Å². The fourth-order valence-corrected chi connectivity index (χ4v) is 2.36. The number of hydrogen-bond acceptors (Lipinski definition) is 3. The molecule has 0 unspecified atom stereocenters. The maximum Gasteiger partial charge on any atom is 0.309 e. The molecule has 0 aliphatic rings. The maximum atomic E-state index is 11.9. The second-order valence-electron chi connectivity index (χ2n) is 5.78. The highest BCUT2D eigenvalue weighted by Crippen LogP contribution is 2.13. The Bertz CT molecular complexity index is 684. The molecule has 0 saturated heterocycles. The zero-order valence-electron chi connectivity index (χ0n) is 14.6. The van der Waals surface area contributed by atoms with E-state index in [1.54, 1.807) is 0 Å². The Labute approximate surface area is 148 Å². The lowest BCUT2D eigenvalue weighted by molar-refractivity contribution is -0.139. The molecule has 2 amide bonds. The van der Waals surface area contributed by atoms with E-state index < -0.39 is 11.8 Å². The lowest BCUT2D eigenvalue weighted by atomic mass is 10.0. The molecule has 0 spiro atoms. The highest BCUT2D eigenvalue weighted by atomic mass is 16.5. The van der Waals surface area contributed by atoms with Gasteiger partial charge in [0.25, 0.3) is 0 Å². The molecule has 0 radical (unpaired) electrons. The molecule has 0 aliphatic carbocycles. The number of nitrogens with one attached hydrogen (secondary N) is 2. The molecule has 5 heteroatoms. The van der Waals surface area contributed by atoms with Gasteiger partial charge < -0.3 is 15.4 Å². The standard InChI is InChI=1S/C20H24N2O3/c1-3-25-18-11-9-16(10-12-18)14-22-20(24)19(23)21-13-15(2)17-7-5-4-6-8-17/h4-12,15H,3,13-14H2,1-2H3,(H,21,23)(H,22,24)/t15-/m1/s1. The van der Waals surface area contributed by atoms with Crippen molar-refractivity contribution in [3.8, 4) is 5.75 Å². The molecule has 1 atom stereocenters. The van der Waals surface area contributed by atoms with Crippen LogP contribution >= 0.6 is 0 Å². The van der Waals surface area contributed by atoms with Crippen LogP contribution in [0.3, 0.4) is 0 Å². The molecule has 2 aromatic rings. The van der Waals surface area contributed by atoms with Gasteiger partial charge in [0.05, 0.1) is 6.61 Å². The Hall–Kier alpha value is -2.82. The molecule has 25 heavy (non-hydrogen) atoms. The van der Waals surface area contributed by atoms with Crippen LogP contribution in [-0.2, 0) is 16.1 Å². The summed E-state index contributed by atoms with van der Waals surface area (Å²) in [6.07, 6.45) is 0. The van der Waals surface area contributed by atoms with Gasteiger partial charge in [-0.1, -0.05) is 49.4 Å². The SMILES string of the molecule is CCOc1ccc(CNC(=O)C(=O)NC[C@@H](C)c2ccccc2)cc1. The molecular weight excluding hydrogens is 316 g/mol. The summed E-state index contributed by atoms with van der Waals surface area (Å²) in [4.78, 5) is 23.8. The average molecular weight is 340 g/mol. The second-order valence-corrected chi connectivity index (χ2v) is 5.78. The Morgan fingerprint density at radius 3 is 2.24 bits per heavy atom. The fourth-order valence-electron chi connectivity index (χ4n) is 2.36. The van der Waals surface area contributed by atoms with Crippen LogP contribution in [0.2, 0.25) is 0 Å². The third kappa shape index (κ3) is 5.95. The van der Waals surface area contributed by atoms with Crippen molar-refractivity contribution in [2.75, 3.05) is 13.2 Å². The average Bonchev–Trinajstić information content (AvgIpc) is 2.66. The zero-order chi connectivity index (χ0) is 18.1. The first-order chi connectivity index (χ1) is 12.1. The number of amides is 2. The van der Waals surface area contributed by atoms with Crippen LogP contribution in [0.25, 0.3) is 0 Å². The van der Waals surface area contributed by atoms with Gasteiger partial charge in [0.1, 0.15) is 5.75 Å². The van der Waals surface area contributed by atoms with Crippen LogP contribution in [-0.4, -0.2) is 25.0 Å². The van der Waals surface area contributed by atoms with Gasteiger partial charge in [-0.25, -0.2) is 0 Å². The number of carbonyl (C=O) groups is 2. The van der Waals surface area contributed by atoms with Crippen LogP contribution in [0.4, 0.5) is 0 Å². The predicted molar refractivity (Wildman–Crippen MR) is 97.3 cm³/mol. The maximum absolute atomic E-state index is 11.9. The van der Waals surface area contributed by atoms with Gasteiger partial charge in [0.2, 0.25) is 0 Å². The van der Waals surface area contributed by atoms with E-state index in [-0.39, 0.29) is 5.92 Å². The Morgan fingerprint density at radius 1 is 0.960 bits per heavy atom. The summed E-state index contributed by atoms with van der Waals surface area (Å²) in [6, 6.07) is 17.3. The molecule has 0 aliphatic heterocycles. The fraction of sp³-hybridized carbons (Fsp3) is 0.300. The number of hydrogen-bond donors (Lipinski definition) is 2. The van der Waals surface area contributed by atoms with E-state index >= 15 is 0 Å². The lowest BCUT2D eigenvalue weighted by Crippen LogP contribution is -2.40. The van der Waals surface area contributed by atoms with E-state index in [1.165, 1.54) is 0 Å². The highest BCUT2D eigenvalue weighted by Gasteiger charge is 2.14. The Balaban J connectivity index is 1.75. The van der Waals surface area contributed by atoms with Gasteiger partial charge in [-0.05, 0) is 36.1 Å². The van der Waals surface area contributed by atoms with Crippen LogP contribution in [0.5, 0.6) is 5.75 Å². The summed E-state index contributed by atoms with van der Waals surface area (Å²) in [7, 11) is 0. The summed E-state index contributed by atoms with van der Waals surface area (Å²) in [5.41, 5.74) is 2.03. The minimum atomic E-state index is -0.630. The summed E-state index contributed by atoms with van der Waals surface area (Å²) >= 11 is 0. The van der Waals surface area contributed by atoms with E-state index in [0.29, 0.717) is 19.7 Å². The van der Waals surface area contributed by atoms with Crippen LogP contribution in [0.15, 0.2) is 54.6 Å². The van der Waals surface area contributed by atoms with Crippen molar-refractivity contribution in [2.45, 2.75) is 26.3 Å². The minimum absolute atomic E-state index is 0.143. The summed E-state index contributed by atoms with van der Waals surface area (Å²) in [5, 5.41) is 5.29. The molecular formula is C20H24N2O3. The first kappa shape index (κ1) is 18.5. The van der Waals surface area contributed by atoms with E-state index in [2.05, 4.69) is 10.6 Å². The number of rotatable bonds is 7. The number of ether oxygens (including phenoxy) is 1. The summed E-state index contributed by atoms with van der Waals surface area (Å²) in [5.74, 6) is -0.322.